The predicted octanol–water partition coefficient (Wildman–Crippen LogP) is 4.46. The minimum absolute atomic E-state index is 0.0806. The first-order chi connectivity index (χ1) is 18.7. The molecule has 0 aliphatic carbocycles. The van der Waals surface area contributed by atoms with Gasteiger partial charge in [-0.15, -0.1) is 11.3 Å². The van der Waals surface area contributed by atoms with Gasteiger partial charge in [0.1, 0.15) is 27.0 Å². The maximum absolute atomic E-state index is 12.9. The van der Waals surface area contributed by atoms with E-state index in [0.29, 0.717) is 24.6 Å². The number of rotatable bonds is 10. The molecule has 0 amide bonds. The summed E-state index contributed by atoms with van der Waals surface area (Å²) in [5, 5.41) is 9.98. The number of hydrogen-bond donors (Lipinski definition) is 2. The zero-order valence-corrected chi connectivity index (χ0v) is 23.4. The van der Waals surface area contributed by atoms with Crippen LogP contribution in [0.3, 0.4) is 0 Å². The van der Waals surface area contributed by atoms with E-state index in [2.05, 4.69) is 25.6 Å². The molecule has 2 heterocycles. The van der Waals surface area contributed by atoms with Crippen molar-refractivity contribution in [2.75, 3.05) is 23.9 Å². The number of nitrogens with one attached hydrogen (secondary N) is 2. The van der Waals surface area contributed by atoms with Crippen LogP contribution in [0.15, 0.2) is 94.3 Å². The lowest BCUT2D eigenvalue weighted by atomic mass is 10.1. The molecule has 39 heavy (non-hydrogen) atoms. The van der Waals surface area contributed by atoms with Gasteiger partial charge in [-0.2, -0.15) is 0 Å². The number of hydrogen-bond acceptors (Lipinski definition) is 10. The van der Waals surface area contributed by atoms with Crippen LogP contribution in [0, 0.1) is 0 Å². The average Bonchev–Trinajstić information content (AvgIpc) is 3.40. The normalized spacial score (nSPS) is 12.0. The van der Waals surface area contributed by atoms with Gasteiger partial charge in [0.2, 0.25) is 9.84 Å². The summed E-state index contributed by atoms with van der Waals surface area (Å²) in [5.41, 5.74) is 3.12. The molecule has 0 bridgehead atoms. The lowest BCUT2D eigenvalue weighted by molar-refractivity contribution is 0.594. The van der Waals surface area contributed by atoms with Crippen molar-refractivity contribution in [3.05, 3.63) is 89.5 Å². The van der Waals surface area contributed by atoms with Gasteiger partial charge in [-0.3, -0.25) is 0 Å². The van der Waals surface area contributed by atoms with Crippen LogP contribution >= 0.6 is 11.3 Å². The summed E-state index contributed by atoms with van der Waals surface area (Å²) in [7, 11) is -6.61. The lowest BCUT2D eigenvalue weighted by Gasteiger charge is -2.10. The summed E-state index contributed by atoms with van der Waals surface area (Å²) in [5.74, 6) is 0.662. The van der Waals surface area contributed by atoms with Crippen molar-refractivity contribution in [3.63, 3.8) is 0 Å². The molecule has 0 saturated heterocycles. The van der Waals surface area contributed by atoms with Gasteiger partial charge in [0, 0.05) is 41.4 Å². The van der Waals surface area contributed by atoms with E-state index in [0.717, 1.165) is 27.2 Å². The maximum Gasteiger partial charge on any atom is 0.206 e. The topological polar surface area (TPSA) is 131 Å². The quantitative estimate of drug-likeness (QED) is 0.230. The number of benzene rings is 3. The highest BCUT2D eigenvalue weighted by atomic mass is 32.2. The largest absolute Gasteiger partial charge is 0.340 e. The number of thiazole rings is 1. The van der Waals surface area contributed by atoms with Gasteiger partial charge in [0.25, 0.3) is 0 Å². The molecular weight excluding hydrogens is 555 g/mol. The summed E-state index contributed by atoms with van der Waals surface area (Å²) in [4.78, 5) is 13.9. The number of sulfone groups is 2. The Morgan fingerprint density at radius 1 is 0.872 bits per heavy atom. The summed E-state index contributed by atoms with van der Waals surface area (Å²) in [6.07, 6.45) is 2.69. The van der Waals surface area contributed by atoms with Crippen LogP contribution in [0.1, 0.15) is 5.01 Å². The summed E-state index contributed by atoms with van der Waals surface area (Å²) in [6.45, 7) is 0.856. The molecule has 200 valence electrons. The summed E-state index contributed by atoms with van der Waals surface area (Å²) < 4.78 is 48.4. The predicted molar refractivity (Wildman–Crippen MR) is 154 cm³/mol. The van der Waals surface area contributed by atoms with Gasteiger partial charge in [-0.25, -0.2) is 31.8 Å². The Kier molecular flexibility index (Phi) is 7.71. The van der Waals surface area contributed by atoms with Crippen LogP contribution in [-0.2, 0) is 26.2 Å². The Labute approximate surface area is 230 Å². The highest BCUT2D eigenvalue weighted by Gasteiger charge is 2.17. The Bertz CT molecular complexity index is 1820. The van der Waals surface area contributed by atoms with E-state index in [1.54, 1.807) is 54.6 Å². The molecular formula is C27H25N5O4S3. The fourth-order valence-corrected chi connectivity index (χ4v) is 6.45. The van der Waals surface area contributed by atoms with Crippen LogP contribution in [0.25, 0.3) is 22.2 Å². The smallest absolute Gasteiger partial charge is 0.206 e. The lowest BCUT2D eigenvalue weighted by Crippen LogP contribution is -2.21. The molecule has 9 nitrogen and oxygen atoms in total. The van der Waals surface area contributed by atoms with Crippen molar-refractivity contribution in [1.29, 1.82) is 0 Å². The SMILES string of the molecule is CS(=O)(=O)CCNCc1nc(-c2ccc3ncnc(Nc4ccc(S(=O)(=O)c5ccccc5)cc4)c3c2)cs1. The second kappa shape index (κ2) is 11.2. The van der Waals surface area contributed by atoms with E-state index < -0.39 is 19.7 Å². The van der Waals surface area contributed by atoms with Gasteiger partial charge in [-0.05, 0) is 48.5 Å². The maximum atomic E-state index is 12.9. The molecule has 2 aromatic heterocycles. The molecule has 0 saturated carbocycles. The van der Waals surface area contributed by atoms with Crippen LogP contribution in [0.4, 0.5) is 11.5 Å². The van der Waals surface area contributed by atoms with E-state index in [1.807, 2.05) is 23.6 Å². The molecule has 12 heteroatoms. The number of fused-ring (bicyclic) bond motifs is 1. The second-order valence-corrected chi connectivity index (χ2v) is 14.0. The molecule has 0 unspecified atom stereocenters. The fourth-order valence-electron chi connectivity index (χ4n) is 3.88. The van der Waals surface area contributed by atoms with E-state index in [4.69, 9.17) is 0 Å². The number of aromatic nitrogens is 3. The Morgan fingerprint density at radius 3 is 2.36 bits per heavy atom. The van der Waals surface area contributed by atoms with Crippen LogP contribution in [-0.4, -0.2) is 50.3 Å². The monoisotopic (exact) mass is 579 g/mol. The van der Waals surface area contributed by atoms with Crippen molar-refractivity contribution < 1.29 is 16.8 Å². The van der Waals surface area contributed by atoms with E-state index in [1.165, 1.54) is 23.9 Å². The van der Waals surface area contributed by atoms with Gasteiger partial charge in [0.15, 0.2) is 0 Å². The van der Waals surface area contributed by atoms with Crippen LogP contribution in [0.5, 0.6) is 0 Å². The summed E-state index contributed by atoms with van der Waals surface area (Å²) in [6, 6.07) is 20.7. The zero-order valence-electron chi connectivity index (χ0n) is 20.9. The summed E-state index contributed by atoms with van der Waals surface area (Å²) >= 11 is 1.50. The Hall–Kier alpha value is -3.71. The van der Waals surface area contributed by atoms with Gasteiger partial charge in [0.05, 0.1) is 26.8 Å². The highest BCUT2D eigenvalue weighted by Crippen LogP contribution is 2.30. The molecule has 2 N–H and O–H groups in total. The molecule has 0 atom stereocenters. The minimum Gasteiger partial charge on any atom is -0.340 e. The van der Waals surface area contributed by atoms with Gasteiger partial charge < -0.3 is 10.6 Å². The average molecular weight is 580 g/mol. The zero-order chi connectivity index (χ0) is 27.5. The van der Waals surface area contributed by atoms with Gasteiger partial charge in [-0.1, -0.05) is 24.3 Å². The first-order valence-corrected chi connectivity index (χ1v) is 16.4. The van der Waals surface area contributed by atoms with Crippen molar-refractivity contribution in [2.24, 2.45) is 0 Å². The molecule has 3 aromatic carbocycles. The third-order valence-corrected chi connectivity index (χ3v) is 9.47. The first kappa shape index (κ1) is 26.9. The molecule has 0 spiro atoms. The van der Waals surface area contributed by atoms with E-state index >= 15 is 0 Å². The molecule has 0 radical (unpaired) electrons. The van der Waals surface area contributed by atoms with Crippen LogP contribution in [0.2, 0.25) is 0 Å². The second-order valence-electron chi connectivity index (χ2n) is 8.85. The molecule has 0 aliphatic heterocycles. The van der Waals surface area contributed by atoms with Crippen LogP contribution < -0.4 is 10.6 Å². The van der Waals surface area contributed by atoms with Crippen molar-refractivity contribution in [2.45, 2.75) is 16.3 Å². The number of nitrogens with zero attached hydrogens (tertiary/aromatic N) is 3. The minimum atomic E-state index is -3.60. The van der Waals surface area contributed by atoms with E-state index in [9.17, 15) is 16.8 Å². The molecule has 5 aromatic rings. The van der Waals surface area contributed by atoms with Gasteiger partial charge >= 0.3 is 0 Å². The Balaban J connectivity index is 1.34. The fraction of sp³-hybridized carbons (Fsp3) is 0.148. The van der Waals surface area contributed by atoms with Crippen molar-refractivity contribution in [1.82, 2.24) is 20.3 Å². The molecule has 0 fully saturated rings. The highest BCUT2D eigenvalue weighted by molar-refractivity contribution is 7.91. The Morgan fingerprint density at radius 2 is 1.62 bits per heavy atom. The first-order valence-electron chi connectivity index (χ1n) is 11.9. The third kappa shape index (κ3) is 6.48. The standard InChI is InChI=1S/C27H25N5O4S3/c1-38(33,34)14-13-28-16-26-32-25(17-37-26)19-7-12-24-23(15-19)27(30-18-29-24)31-20-8-10-22(11-9-20)39(35,36)21-5-3-2-4-6-21/h2-12,15,17-18,28H,13-14,16H2,1H3,(H,29,30,31). The molecule has 0 aliphatic rings. The molecule has 5 rings (SSSR count). The van der Waals surface area contributed by atoms with Crippen molar-refractivity contribution >= 4 is 53.4 Å². The van der Waals surface area contributed by atoms with E-state index in [-0.39, 0.29) is 15.5 Å². The number of anilines is 2. The van der Waals surface area contributed by atoms with Crippen molar-refractivity contribution in [3.8, 4) is 11.3 Å². The third-order valence-electron chi connectivity index (χ3n) is 5.89.